The van der Waals surface area contributed by atoms with E-state index in [9.17, 15) is 4.79 Å². The number of anilines is 1. The monoisotopic (exact) mass is 352 g/mol. The molecule has 1 amide bonds. The summed E-state index contributed by atoms with van der Waals surface area (Å²) in [5.74, 6) is 0.527. The Hall–Kier alpha value is -0.290. The first-order chi connectivity index (χ1) is 8.15. The van der Waals surface area contributed by atoms with Crippen molar-refractivity contribution in [2.24, 2.45) is 5.92 Å². The fourth-order valence-electron chi connectivity index (χ4n) is 1.94. The van der Waals surface area contributed by atoms with E-state index in [4.69, 9.17) is 11.6 Å². The largest absolute Gasteiger partial charge is 0.326 e. The standard InChI is InChI=1S/C12H14BrClN2O.ClH/c13-10-6-9(1-2-11(10)14)16-12(17)5-8-3-4-15-7-8;/h1-2,6,8,15H,3-5,7H2,(H,16,17);1H. The van der Waals surface area contributed by atoms with Crippen LogP contribution >= 0.6 is 39.9 Å². The first-order valence-corrected chi connectivity index (χ1v) is 6.78. The average Bonchev–Trinajstić information content (AvgIpc) is 2.76. The molecule has 1 aromatic rings. The number of hydrogen-bond acceptors (Lipinski definition) is 2. The molecular formula is C12H15BrCl2N2O. The Morgan fingerprint density at radius 1 is 1.56 bits per heavy atom. The van der Waals surface area contributed by atoms with Crippen molar-refractivity contribution in [2.75, 3.05) is 18.4 Å². The van der Waals surface area contributed by atoms with E-state index in [0.29, 0.717) is 17.4 Å². The lowest BCUT2D eigenvalue weighted by Crippen LogP contribution is -2.18. The minimum atomic E-state index is 0. The fourth-order valence-corrected chi connectivity index (χ4v) is 2.43. The number of amides is 1. The van der Waals surface area contributed by atoms with Crippen molar-refractivity contribution in [2.45, 2.75) is 12.8 Å². The molecule has 1 fully saturated rings. The summed E-state index contributed by atoms with van der Waals surface area (Å²) in [5.41, 5.74) is 0.775. The number of hydrogen-bond donors (Lipinski definition) is 2. The summed E-state index contributed by atoms with van der Waals surface area (Å²) in [6.07, 6.45) is 1.66. The number of carbonyl (C=O) groups is 1. The first-order valence-electron chi connectivity index (χ1n) is 5.61. The third-order valence-electron chi connectivity index (χ3n) is 2.84. The zero-order chi connectivity index (χ0) is 12.3. The Bertz CT molecular complexity index is 423. The van der Waals surface area contributed by atoms with Crippen LogP contribution in [0.15, 0.2) is 22.7 Å². The van der Waals surface area contributed by atoms with Crippen molar-refractivity contribution in [1.29, 1.82) is 0 Å². The van der Waals surface area contributed by atoms with Gasteiger partial charge < -0.3 is 10.6 Å². The molecule has 0 aromatic heterocycles. The number of nitrogens with one attached hydrogen (secondary N) is 2. The van der Waals surface area contributed by atoms with Gasteiger partial charge in [0.15, 0.2) is 0 Å². The summed E-state index contributed by atoms with van der Waals surface area (Å²) in [5, 5.41) is 6.78. The lowest BCUT2D eigenvalue weighted by Gasteiger charge is -2.09. The molecule has 1 aliphatic heterocycles. The van der Waals surface area contributed by atoms with Crippen LogP contribution in [0.3, 0.4) is 0 Å². The summed E-state index contributed by atoms with van der Waals surface area (Å²) < 4.78 is 0.791. The van der Waals surface area contributed by atoms with Crippen LogP contribution in [0.2, 0.25) is 5.02 Å². The van der Waals surface area contributed by atoms with Crippen molar-refractivity contribution in [3.8, 4) is 0 Å². The third kappa shape index (κ3) is 4.43. The number of rotatable bonds is 3. The van der Waals surface area contributed by atoms with Crippen LogP contribution in [-0.2, 0) is 4.79 Å². The molecule has 0 spiro atoms. The first kappa shape index (κ1) is 15.8. The van der Waals surface area contributed by atoms with Gasteiger partial charge in [-0.2, -0.15) is 0 Å². The van der Waals surface area contributed by atoms with E-state index in [1.54, 1.807) is 12.1 Å². The molecule has 0 saturated carbocycles. The lowest BCUT2D eigenvalue weighted by molar-refractivity contribution is -0.116. The van der Waals surface area contributed by atoms with E-state index in [-0.39, 0.29) is 18.3 Å². The van der Waals surface area contributed by atoms with Gasteiger partial charge >= 0.3 is 0 Å². The molecule has 1 heterocycles. The molecule has 2 N–H and O–H groups in total. The minimum Gasteiger partial charge on any atom is -0.326 e. The topological polar surface area (TPSA) is 41.1 Å². The van der Waals surface area contributed by atoms with Crippen LogP contribution in [0.5, 0.6) is 0 Å². The normalized spacial score (nSPS) is 18.2. The smallest absolute Gasteiger partial charge is 0.224 e. The van der Waals surface area contributed by atoms with Crippen molar-refractivity contribution in [3.63, 3.8) is 0 Å². The van der Waals surface area contributed by atoms with Crippen LogP contribution in [0.1, 0.15) is 12.8 Å². The van der Waals surface area contributed by atoms with Crippen molar-refractivity contribution < 1.29 is 4.79 Å². The number of halogens is 3. The van der Waals surface area contributed by atoms with Crippen molar-refractivity contribution in [3.05, 3.63) is 27.7 Å². The molecule has 3 nitrogen and oxygen atoms in total. The molecule has 2 rings (SSSR count). The highest BCUT2D eigenvalue weighted by atomic mass is 79.9. The zero-order valence-electron chi connectivity index (χ0n) is 9.71. The average molecular weight is 354 g/mol. The summed E-state index contributed by atoms with van der Waals surface area (Å²) in [4.78, 5) is 11.8. The highest BCUT2D eigenvalue weighted by Crippen LogP contribution is 2.25. The molecule has 0 radical (unpaired) electrons. The van der Waals surface area contributed by atoms with Gasteiger partial charge in [0.2, 0.25) is 5.91 Å². The van der Waals surface area contributed by atoms with E-state index < -0.39 is 0 Å². The molecule has 1 saturated heterocycles. The Morgan fingerprint density at radius 3 is 2.94 bits per heavy atom. The molecule has 0 bridgehead atoms. The third-order valence-corrected chi connectivity index (χ3v) is 4.05. The zero-order valence-corrected chi connectivity index (χ0v) is 12.9. The van der Waals surface area contributed by atoms with Gasteiger partial charge in [0.25, 0.3) is 0 Å². The van der Waals surface area contributed by atoms with Gasteiger partial charge in [-0.3, -0.25) is 4.79 Å². The molecular weight excluding hydrogens is 339 g/mol. The molecule has 1 unspecified atom stereocenters. The number of benzene rings is 1. The Kier molecular flexibility index (Phi) is 6.43. The second kappa shape index (κ2) is 7.34. The van der Waals surface area contributed by atoms with Gasteiger partial charge in [0.1, 0.15) is 0 Å². The Balaban J connectivity index is 0.00000162. The summed E-state index contributed by atoms with van der Waals surface area (Å²) in [6.45, 7) is 1.96. The quantitative estimate of drug-likeness (QED) is 0.873. The maximum absolute atomic E-state index is 11.8. The van der Waals surface area contributed by atoms with E-state index in [2.05, 4.69) is 26.6 Å². The Labute approximate surface area is 126 Å². The molecule has 100 valence electrons. The molecule has 0 aliphatic carbocycles. The second-order valence-electron chi connectivity index (χ2n) is 4.24. The van der Waals surface area contributed by atoms with Crippen molar-refractivity contribution >= 4 is 51.5 Å². The SMILES string of the molecule is Cl.O=C(CC1CCNC1)Nc1ccc(Cl)c(Br)c1. The summed E-state index contributed by atoms with van der Waals surface area (Å²) >= 11 is 9.22. The highest BCUT2D eigenvalue weighted by molar-refractivity contribution is 9.10. The van der Waals surface area contributed by atoms with E-state index in [0.717, 1.165) is 29.7 Å². The molecule has 1 aromatic carbocycles. The van der Waals surface area contributed by atoms with E-state index >= 15 is 0 Å². The Morgan fingerprint density at radius 2 is 2.33 bits per heavy atom. The van der Waals surface area contributed by atoms with Gasteiger partial charge in [-0.25, -0.2) is 0 Å². The predicted octanol–water partition coefficient (Wildman–Crippen LogP) is 3.46. The van der Waals surface area contributed by atoms with Crippen LogP contribution < -0.4 is 10.6 Å². The molecule has 1 aliphatic rings. The highest BCUT2D eigenvalue weighted by Gasteiger charge is 2.18. The lowest BCUT2D eigenvalue weighted by atomic mass is 10.0. The van der Waals surface area contributed by atoms with E-state index in [1.165, 1.54) is 0 Å². The summed E-state index contributed by atoms with van der Waals surface area (Å²) in [6, 6.07) is 5.38. The molecule has 1 atom stereocenters. The van der Waals surface area contributed by atoms with Gasteiger partial charge in [0.05, 0.1) is 5.02 Å². The minimum absolute atomic E-state index is 0. The van der Waals surface area contributed by atoms with Crippen LogP contribution in [0.4, 0.5) is 5.69 Å². The summed E-state index contributed by atoms with van der Waals surface area (Å²) in [7, 11) is 0. The second-order valence-corrected chi connectivity index (χ2v) is 5.50. The van der Waals surface area contributed by atoms with Gasteiger partial charge in [0, 0.05) is 16.6 Å². The van der Waals surface area contributed by atoms with Crippen molar-refractivity contribution in [1.82, 2.24) is 5.32 Å². The van der Waals surface area contributed by atoms with Gasteiger partial charge in [-0.05, 0) is 59.6 Å². The fraction of sp³-hybridized carbons (Fsp3) is 0.417. The van der Waals surface area contributed by atoms with Crippen LogP contribution in [0.25, 0.3) is 0 Å². The predicted molar refractivity (Wildman–Crippen MR) is 80.6 cm³/mol. The molecule has 6 heteroatoms. The van der Waals surface area contributed by atoms with E-state index in [1.807, 2.05) is 6.07 Å². The maximum atomic E-state index is 11.8. The maximum Gasteiger partial charge on any atom is 0.224 e. The molecule has 18 heavy (non-hydrogen) atoms. The van der Waals surface area contributed by atoms with Gasteiger partial charge in [-0.15, -0.1) is 12.4 Å². The van der Waals surface area contributed by atoms with Gasteiger partial charge in [-0.1, -0.05) is 11.6 Å². The number of carbonyl (C=O) groups excluding carboxylic acids is 1. The van der Waals surface area contributed by atoms with Crippen LogP contribution in [-0.4, -0.2) is 19.0 Å². The van der Waals surface area contributed by atoms with Crippen LogP contribution in [0, 0.1) is 5.92 Å².